The molecule has 0 amide bonds. The van der Waals surface area contributed by atoms with Gasteiger partial charge in [-0.1, -0.05) is 13.3 Å². The second-order valence-electron chi connectivity index (χ2n) is 4.29. The zero-order chi connectivity index (χ0) is 9.68. The summed E-state index contributed by atoms with van der Waals surface area (Å²) in [5.74, 6) is 0. The minimum Gasteiger partial charge on any atom is -0.317 e. The minimum atomic E-state index is 0.772. The van der Waals surface area contributed by atoms with Gasteiger partial charge in [-0.15, -0.1) is 0 Å². The molecule has 0 heterocycles. The van der Waals surface area contributed by atoms with Crippen LogP contribution < -0.4 is 5.32 Å². The summed E-state index contributed by atoms with van der Waals surface area (Å²) < 4.78 is 0. The summed E-state index contributed by atoms with van der Waals surface area (Å²) in [5.41, 5.74) is 0. The molecule has 1 fully saturated rings. The predicted molar refractivity (Wildman–Crippen MR) is 58.0 cm³/mol. The Labute approximate surface area is 82.7 Å². The lowest BCUT2D eigenvalue weighted by atomic mass is 10.2. The quantitative estimate of drug-likeness (QED) is 0.701. The molecule has 2 heteroatoms. The summed E-state index contributed by atoms with van der Waals surface area (Å²) in [7, 11) is 4.36. The van der Waals surface area contributed by atoms with Crippen molar-refractivity contribution in [2.75, 3.05) is 20.6 Å². The summed E-state index contributed by atoms with van der Waals surface area (Å²) in [6.07, 6.45) is 6.74. The van der Waals surface area contributed by atoms with Crippen LogP contribution in [0.15, 0.2) is 0 Å². The Bertz CT molecular complexity index is 136. The Morgan fingerprint density at radius 1 is 1.38 bits per heavy atom. The van der Waals surface area contributed by atoms with Crippen LogP contribution in [0, 0.1) is 0 Å². The van der Waals surface area contributed by atoms with E-state index in [4.69, 9.17) is 0 Å². The number of hydrogen-bond acceptors (Lipinski definition) is 2. The molecule has 0 aromatic carbocycles. The molecule has 1 aliphatic rings. The summed E-state index contributed by atoms with van der Waals surface area (Å²) >= 11 is 0. The van der Waals surface area contributed by atoms with E-state index < -0.39 is 0 Å². The molecule has 0 aromatic rings. The van der Waals surface area contributed by atoms with Crippen LogP contribution in [0.5, 0.6) is 0 Å². The number of rotatable bonds is 5. The van der Waals surface area contributed by atoms with Crippen molar-refractivity contribution in [3.05, 3.63) is 0 Å². The van der Waals surface area contributed by atoms with E-state index >= 15 is 0 Å². The van der Waals surface area contributed by atoms with Crippen molar-refractivity contribution in [2.45, 2.75) is 51.1 Å². The fraction of sp³-hybridized carbons (Fsp3) is 1.00. The van der Waals surface area contributed by atoms with Gasteiger partial charge in [0.2, 0.25) is 0 Å². The number of unbranched alkanes of at least 4 members (excludes halogenated alkanes) is 1. The Morgan fingerprint density at radius 2 is 2.15 bits per heavy atom. The van der Waals surface area contributed by atoms with Gasteiger partial charge in [-0.2, -0.15) is 0 Å². The maximum atomic E-state index is 3.38. The number of hydrogen-bond donors (Lipinski definition) is 1. The van der Waals surface area contributed by atoms with Gasteiger partial charge in [-0.05, 0) is 46.3 Å². The maximum Gasteiger partial charge on any atom is 0.0108 e. The van der Waals surface area contributed by atoms with Gasteiger partial charge in [0.05, 0.1) is 0 Å². The highest BCUT2D eigenvalue weighted by Crippen LogP contribution is 2.23. The van der Waals surface area contributed by atoms with Crippen molar-refractivity contribution >= 4 is 0 Å². The normalized spacial score (nSPS) is 28.6. The highest BCUT2D eigenvalue weighted by Gasteiger charge is 2.25. The van der Waals surface area contributed by atoms with Crippen molar-refractivity contribution in [3.8, 4) is 0 Å². The highest BCUT2D eigenvalue weighted by atomic mass is 15.1. The molecule has 1 rings (SSSR count). The summed E-state index contributed by atoms with van der Waals surface area (Å²) in [6.45, 7) is 3.54. The van der Waals surface area contributed by atoms with Crippen LogP contribution in [0.1, 0.15) is 39.0 Å². The van der Waals surface area contributed by atoms with E-state index in [1.54, 1.807) is 0 Å². The molecule has 2 atom stereocenters. The first-order valence-electron chi connectivity index (χ1n) is 5.65. The van der Waals surface area contributed by atoms with Gasteiger partial charge < -0.3 is 10.2 Å². The van der Waals surface area contributed by atoms with E-state index in [2.05, 4.69) is 31.2 Å². The van der Waals surface area contributed by atoms with Gasteiger partial charge in [0.25, 0.3) is 0 Å². The van der Waals surface area contributed by atoms with Crippen LogP contribution in [-0.4, -0.2) is 37.6 Å². The molecule has 78 valence electrons. The molecule has 13 heavy (non-hydrogen) atoms. The van der Waals surface area contributed by atoms with E-state index in [0.29, 0.717) is 0 Å². The number of nitrogens with one attached hydrogen (secondary N) is 1. The molecule has 0 saturated heterocycles. The molecule has 0 aliphatic heterocycles. The van der Waals surface area contributed by atoms with Crippen molar-refractivity contribution in [3.63, 3.8) is 0 Å². The maximum absolute atomic E-state index is 3.38. The van der Waals surface area contributed by atoms with Crippen molar-refractivity contribution in [2.24, 2.45) is 0 Å². The fourth-order valence-corrected chi connectivity index (χ4v) is 2.21. The molecule has 1 aliphatic carbocycles. The van der Waals surface area contributed by atoms with Gasteiger partial charge in [-0.3, -0.25) is 0 Å². The van der Waals surface area contributed by atoms with E-state index in [1.807, 2.05) is 0 Å². The zero-order valence-electron chi connectivity index (χ0n) is 9.34. The molecule has 0 radical (unpaired) electrons. The standard InChI is InChI=1S/C11H24N2/c1-4-5-8-13(3)11-7-6-10(9-11)12-2/h10-12H,4-9H2,1-3H3. The first kappa shape index (κ1) is 11.0. The fourth-order valence-electron chi connectivity index (χ4n) is 2.21. The van der Waals surface area contributed by atoms with Crippen LogP contribution in [-0.2, 0) is 0 Å². The van der Waals surface area contributed by atoms with Crippen LogP contribution in [0.2, 0.25) is 0 Å². The lowest BCUT2D eigenvalue weighted by Gasteiger charge is -2.24. The lowest BCUT2D eigenvalue weighted by Crippen LogP contribution is -2.32. The molecule has 2 unspecified atom stereocenters. The third-order valence-electron chi connectivity index (χ3n) is 3.30. The van der Waals surface area contributed by atoms with Gasteiger partial charge in [0, 0.05) is 12.1 Å². The van der Waals surface area contributed by atoms with Crippen molar-refractivity contribution < 1.29 is 0 Å². The smallest absolute Gasteiger partial charge is 0.0108 e. The Balaban J connectivity index is 2.20. The van der Waals surface area contributed by atoms with Crippen molar-refractivity contribution in [1.29, 1.82) is 0 Å². The van der Waals surface area contributed by atoms with Gasteiger partial charge in [-0.25, -0.2) is 0 Å². The monoisotopic (exact) mass is 184 g/mol. The van der Waals surface area contributed by atoms with Crippen LogP contribution in [0.3, 0.4) is 0 Å². The molecule has 1 N–H and O–H groups in total. The first-order valence-corrected chi connectivity index (χ1v) is 5.65. The van der Waals surface area contributed by atoms with Crippen LogP contribution in [0.4, 0.5) is 0 Å². The Morgan fingerprint density at radius 3 is 2.69 bits per heavy atom. The molecule has 0 bridgehead atoms. The van der Waals surface area contributed by atoms with Crippen molar-refractivity contribution in [1.82, 2.24) is 10.2 Å². The molecular weight excluding hydrogens is 160 g/mol. The average molecular weight is 184 g/mol. The lowest BCUT2D eigenvalue weighted by molar-refractivity contribution is 0.239. The van der Waals surface area contributed by atoms with Gasteiger partial charge in [0.15, 0.2) is 0 Å². The highest BCUT2D eigenvalue weighted by molar-refractivity contribution is 4.84. The average Bonchev–Trinajstić information content (AvgIpc) is 2.62. The van der Waals surface area contributed by atoms with Crippen LogP contribution in [0.25, 0.3) is 0 Å². The van der Waals surface area contributed by atoms with Gasteiger partial charge >= 0.3 is 0 Å². The minimum absolute atomic E-state index is 0.772. The second-order valence-corrected chi connectivity index (χ2v) is 4.29. The molecule has 2 nitrogen and oxygen atoms in total. The Hall–Kier alpha value is -0.0800. The molecular formula is C11H24N2. The molecule has 0 aromatic heterocycles. The Kier molecular flexibility index (Phi) is 4.74. The SMILES string of the molecule is CCCCN(C)C1CCC(NC)C1. The molecule has 0 spiro atoms. The predicted octanol–water partition coefficient (Wildman–Crippen LogP) is 1.86. The summed E-state index contributed by atoms with van der Waals surface area (Å²) in [6, 6.07) is 1.61. The van der Waals surface area contributed by atoms with E-state index in [0.717, 1.165) is 12.1 Å². The van der Waals surface area contributed by atoms with E-state index in [1.165, 1.54) is 38.6 Å². The topological polar surface area (TPSA) is 15.3 Å². The van der Waals surface area contributed by atoms with Gasteiger partial charge in [0.1, 0.15) is 0 Å². The largest absolute Gasteiger partial charge is 0.317 e. The zero-order valence-corrected chi connectivity index (χ0v) is 9.34. The molecule has 1 saturated carbocycles. The third kappa shape index (κ3) is 3.28. The summed E-state index contributed by atoms with van der Waals surface area (Å²) in [5, 5.41) is 3.38. The third-order valence-corrected chi connectivity index (χ3v) is 3.30. The van der Waals surface area contributed by atoms with E-state index in [9.17, 15) is 0 Å². The first-order chi connectivity index (χ1) is 6.27. The number of nitrogens with zero attached hydrogens (tertiary/aromatic N) is 1. The summed E-state index contributed by atoms with van der Waals surface area (Å²) in [4.78, 5) is 2.54. The van der Waals surface area contributed by atoms with E-state index in [-0.39, 0.29) is 0 Å². The van der Waals surface area contributed by atoms with Crippen LogP contribution >= 0.6 is 0 Å². The second kappa shape index (κ2) is 5.61.